The zero-order valence-corrected chi connectivity index (χ0v) is 21.8. The molecule has 0 radical (unpaired) electrons. The minimum Gasteiger partial charge on any atom is -0.353 e. The van der Waals surface area contributed by atoms with Gasteiger partial charge in [-0.15, -0.1) is 22.7 Å². The Bertz CT molecular complexity index is 1040. The fraction of sp³-hybridized carbons (Fsp3) is 0.720. The van der Waals surface area contributed by atoms with Gasteiger partial charge >= 0.3 is 6.18 Å². The summed E-state index contributed by atoms with van der Waals surface area (Å²) >= 11 is 2.88. The molecule has 2 fully saturated rings. The second kappa shape index (κ2) is 10.1. The fourth-order valence-electron chi connectivity index (χ4n) is 5.68. The monoisotopic (exact) mass is 526 g/mol. The number of carbonyl (C=O) groups excluding carboxylic acids is 1. The highest BCUT2D eigenvalue weighted by atomic mass is 32.1. The van der Waals surface area contributed by atoms with E-state index in [2.05, 4.69) is 20.2 Å². The first-order chi connectivity index (χ1) is 16.7. The first-order valence-electron chi connectivity index (χ1n) is 12.7. The second-order valence-electron chi connectivity index (χ2n) is 10.4. The highest BCUT2D eigenvalue weighted by molar-refractivity contribution is 7.12. The third-order valence-electron chi connectivity index (χ3n) is 8.04. The van der Waals surface area contributed by atoms with E-state index in [1.165, 1.54) is 11.3 Å². The molecular formula is C25H33F3N4OS2. The number of carbonyl (C=O) groups is 1. The molecule has 1 aliphatic heterocycles. The highest BCUT2D eigenvalue weighted by Gasteiger charge is 2.61. The summed E-state index contributed by atoms with van der Waals surface area (Å²) in [6.07, 6.45) is 5.13. The average molecular weight is 527 g/mol. The summed E-state index contributed by atoms with van der Waals surface area (Å²) in [6, 6.07) is 0.256. The molecule has 0 bridgehead atoms. The number of aryl methyl sites for hydroxylation is 1. The molecule has 2 aromatic rings. The van der Waals surface area contributed by atoms with Crippen LogP contribution in [0.15, 0.2) is 6.20 Å². The van der Waals surface area contributed by atoms with E-state index in [4.69, 9.17) is 0 Å². The maximum absolute atomic E-state index is 13.7. The van der Waals surface area contributed by atoms with E-state index in [-0.39, 0.29) is 24.8 Å². The molecule has 0 unspecified atom stereocenters. The van der Waals surface area contributed by atoms with Crippen molar-refractivity contribution in [2.75, 3.05) is 13.1 Å². The van der Waals surface area contributed by atoms with E-state index in [1.807, 2.05) is 6.92 Å². The van der Waals surface area contributed by atoms with Gasteiger partial charge in [-0.05, 0) is 70.8 Å². The topological polar surface area (TPSA) is 58.1 Å². The van der Waals surface area contributed by atoms with Crippen molar-refractivity contribution in [1.82, 2.24) is 20.2 Å². The van der Waals surface area contributed by atoms with Crippen LogP contribution in [0, 0.1) is 12.8 Å². The van der Waals surface area contributed by atoms with Crippen molar-refractivity contribution in [3.8, 4) is 0 Å². The van der Waals surface area contributed by atoms with Crippen LogP contribution < -0.4 is 5.32 Å². The molecule has 0 saturated heterocycles. The Labute approximate surface area is 212 Å². The summed E-state index contributed by atoms with van der Waals surface area (Å²) in [5, 5.41) is 4.47. The number of hydrogen-bond acceptors (Lipinski definition) is 6. The van der Waals surface area contributed by atoms with Crippen molar-refractivity contribution in [1.29, 1.82) is 0 Å². The first kappa shape index (κ1) is 25.1. The lowest BCUT2D eigenvalue weighted by Gasteiger charge is -2.41. The molecule has 0 spiro atoms. The van der Waals surface area contributed by atoms with Crippen LogP contribution in [0.2, 0.25) is 0 Å². The van der Waals surface area contributed by atoms with Gasteiger partial charge < -0.3 is 5.32 Å². The molecule has 0 atom stereocenters. The number of nitrogens with one attached hydrogen (secondary N) is 1. The summed E-state index contributed by atoms with van der Waals surface area (Å²) in [7, 11) is 0. The first-order valence-corrected chi connectivity index (χ1v) is 14.3. The van der Waals surface area contributed by atoms with Crippen LogP contribution in [0.5, 0.6) is 0 Å². The molecule has 2 saturated carbocycles. The number of hydrogen-bond donors (Lipinski definition) is 1. The molecular weight excluding hydrogens is 493 g/mol. The number of nitrogens with zero attached hydrogens (tertiary/aromatic N) is 3. The number of halogens is 3. The predicted octanol–water partition coefficient (Wildman–Crippen LogP) is 5.56. The van der Waals surface area contributed by atoms with Crippen molar-refractivity contribution >= 4 is 28.6 Å². The number of fused-ring (bicyclic) bond motifs is 1. The average Bonchev–Trinajstić information content (AvgIpc) is 3.36. The third kappa shape index (κ3) is 5.44. The van der Waals surface area contributed by atoms with Crippen molar-refractivity contribution in [3.63, 3.8) is 0 Å². The quantitative estimate of drug-likeness (QED) is 0.513. The zero-order chi connectivity index (χ0) is 24.6. The third-order valence-corrected chi connectivity index (χ3v) is 10.3. The Balaban J connectivity index is 1.06. The maximum atomic E-state index is 13.7. The molecule has 3 heterocycles. The fourth-order valence-corrected chi connectivity index (χ4v) is 7.80. The number of thiazole rings is 2. The molecule has 35 heavy (non-hydrogen) atoms. The van der Waals surface area contributed by atoms with Gasteiger partial charge in [-0.3, -0.25) is 9.69 Å². The molecule has 1 N–H and O–H groups in total. The summed E-state index contributed by atoms with van der Waals surface area (Å²) in [5.74, 6) is 0.723. The smallest absolute Gasteiger partial charge is 0.353 e. The lowest BCUT2D eigenvalue weighted by Crippen LogP contribution is -2.47. The number of amides is 1. The van der Waals surface area contributed by atoms with E-state index in [9.17, 15) is 18.0 Å². The van der Waals surface area contributed by atoms with Gasteiger partial charge in [-0.25, -0.2) is 9.97 Å². The lowest BCUT2D eigenvalue weighted by molar-refractivity contribution is -0.212. The standard InChI is InChI=1S/C25H33F3N4OS2/c1-16-29-14-19(34-16)13-22(33)30-18-5-3-17(4-6-18)7-11-32-12-8-21-20(15-32)31-23(35-21)24(9-2-10-24)25(26,27)28/h14,17-18H,2-13,15H2,1H3,(H,30,33). The van der Waals surface area contributed by atoms with Crippen molar-refractivity contribution in [2.24, 2.45) is 5.92 Å². The van der Waals surface area contributed by atoms with Gasteiger partial charge in [0.15, 0.2) is 0 Å². The van der Waals surface area contributed by atoms with Crippen LogP contribution in [0.4, 0.5) is 13.2 Å². The number of aromatic nitrogens is 2. The number of alkyl halides is 3. The van der Waals surface area contributed by atoms with E-state index in [1.54, 1.807) is 17.5 Å². The van der Waals surface area contributed by atoms with E-state index >= 15 is 0 Å². The van der Waals surface area contributed by atoms with Gasteiger partial charge in [-0.2, -0.15) is 13.2 Å². The van der Waals surface area contributed by atoms with Crippen LogP contribution in [-0.2, 0) is 29.6 Å². The highest BCUT2D eigenvalue weighted by Crippen LogP contribution is 2.55. The summed E-state index contributed by atoms with van der Waals surface area (Å²) < 4.78 is 41.2. The van der Waals surface area contributed by atoms with E-state index < -0.39 is 11.6 Å². The van der Waals surface area contributed by atoms with Crippen LogP contribution in [-0.4, -0.2) is 46.1 Å². The van der Waals surface area contributed by atoms with Gasteiger partial charge in [0.25, 0.3) is 0 Å². The van der Waals surface area contributed by atoms with E-state index in [0.29, 0.717) is 30.3 Å². The zero-order valence-electron chi connectivity index (χ0n) is 20.1. The van der Waals surface area contributed by atoms with Crippen LogP contribution in [0.3, 0.4) is 0 Å². The molecule has 5 nitrogen and oxygen atoms in total. The van der Waals surface area contributed by atoms with Gasteiger partial charge in [0.2, 0.25) is 5.91 Å². The van der Waals surface area contributed by atoms with Crippen molar-refractivity contribution < 1.29 is 18.0 Å². The summed E-state index contributed by atoms with van der Waals surface area (Å²) in [6.45, 7) is 4.48. The SMILES string of the molecule is Cc1ncc(CC(=O)NC2CCC(CCN3CCc4sc(C5(C(F)(F)F)CCC5)nc4C3)CC2)s1. The Morgan fingerprint density at radius 3 is 2.63 bits per heavy atom. The van der Waals surface area contributed by atoms with Crippen molar-refractivity contribution in [3.05, 3.63) is 31.7 Å². The Morgan fingerprint density at radius 2 is 2.00 bits per heavy atom. The molecule has 192 valence electrons. The largest absolute Gasteiger partial charge is 0.400 e. The number of rotatable bonds is 7. The van der Waals surface area contributed by atoms with Gasteiger partial charge in [0, 0.05) is 35.1 Å². The van der Waals surface area contributed by atoms with Crippen LogP contribution in [0.1, 0.15) is 76.8 Å². The molecule has 5 rings (SSSR count). The molecule has 2 aliphatic carbocycles. The lowest BCUT2D eigenvalue weighted by atomic mass is 9.68. The summed E-state index contributed by atoms with van der Waals surface area (Å²) in [4.78, 5) is 25.5. The van der Waals surface area contributed by atoms with Gasteiger partial charge in [-0.1, -0.05) is 6.42 Å². The Morgan fingerprint density at radius 1 is 1.23 bits per heavy atom. The predicted molar refractivity (Wildman–Crippen MR) is 132 cm³/mol. The van der Waals surface area contributed by atoms with Crippen LogP contribution in [0.25, 0.3) is 0 Å². The normalized spacial score (nSPS) is 24.6. The molecule has 1 amide bonds. The maximum Gasteiger partial charge on any atom is 0.400 e. The second-order valence-corrected chi connectivity index (χ2v) is 12.8. The Hall–Kier alpha value is -1.52. The van der Waals surface area contributed by atoms with Crippen molar-refractivity contribution in [2.45, 2.75) is 95.3 Å². The molecule has 10 heteroatoms. The summed E-state index contributed by atoms with van der Waals surface area (Å²) in [5.41, 5.74) is -0.817. The molecule has 0 aromatic carbocycles. The molecule has 3 aliphatic rings. The van der Waals surface area contributed by atoms with Crippen LogP contribution >= 0.6 is 22.7 Å². The molecule has 2 aromatic heterocycles. The van der Waals surface area contributed by atoms with Gasteiger partial charge in [0.1, 0.15) is 10.4 Å². The van der Waals surface area contributed by atoms with Gasteiger partial charge in [0.05, 0.1) is 17.1 Å². The minimum atomic E-state index is -4.20. The van der Waals surface area contributed by atoms with E-state index in [0.717, 1.165) is 72.1 Å². The minimum absolute atomic E-state index is 0.0815. The Kier molecular flexibility index (Phi) is 7.25.